The number of cyclic esters (lactones) is 1. The zero-order chi connectivity index (χ0) is 21.1. The van der Waals surface area contributed by atoms with Crippen molar-refractivity contribution < 1.29 is 19.1 Å². The summed E-state index contributed by atoms with van der Waals surface area (Å²) in [6.45, 7) is 0. The van der Waals surface area contributed by atoms with E-state index in [0.717, 1.165) is 14.7 Å². The lowest BCUT2D eigenvalue weighted by Crippen LogP contribution is -2.08. The van der Waals surface area contributed by atoms with Gasteiger partial charge in [0.25, 0.3) is 0 Å². The zero-order valence-corrected chi connectivity index (χ0v) is 18.3. The van der Waals surface area contributed by atoms with Crippen LogP contribution in [0.1, 0.15) is 21.5 Å². The average Bonchev–Trinajstić information content (AvgIpc) is 3.10. The van der Waals surface area contributed by atoms with Crippen LogP contribution in [0.4, 0.5) is 0 Å². The maximum Gasteiger partial charge on any atom is 0.363 e. The minimum Gasteiger partial charge on any atom is -0.423 e. The minimum atomic E-state index is -0.512. The van der Waals surface area contributed by atoms with E-state index in [-0.39, 0.29) is 11.6 Å². The maximum absolute atomic E-state index is 12.2. The molecule has 0 bridgehead atoms. The normalized spacial score (nSPS) is 14.4. The molecule has 3 aromatic carbocycles. The summed E-state index contributed by atoms with van der Waals surface area (Å²) in [6, 6.07) is 20.7. The Kier molecular flexibility index (Phi) is 5.96. The van der Waals surface area contributed by atoms with Gasteiger partial charge in [-0.05, 0) is 94.9 Å². The van der Waals surface area contributed by atoms with Gasteiger partial charge in [0.2, 0.25) is 5.90 Å². The highest BCUT2D eigenvalue weighted by Gasteiger charge is 2.24. The summed E-state index contributed by atoms with van der Waals surface area (Å²) in [4.78, 5) is 28.6. The number of benzene rings is 3. The molecule has 1 aliphatic rings. The van der Waals surface area contributed by atoms with Crippen LogP contribution >= 0.6 is 34.2 Å². The smallest absolute Gasteiger partial charge is 0.363 e. The van der Waals surface area contributed by atoms with Crippen molar-refractivity contribution in [3.8, 4) is 5.75 Å². The van der Waals surface area contributed by atoms with E-state index in [2.05, 4.69) is 27.6 Å². The third-order valence-electron chi connectivity index (χ3n) is 4.19. The maximum atomic E-state index is 12.2. The first-order valence-electron chi connectivity index (χ1n) is 8.84. The van der Waals surface area contributed by atoms with Gasteiger partial charge in [0.1, 0.15) is 5.75 Å². The number of aliphatic imine (C=N–C) groups is 1. The van der Waals surface area contributed by atoms with Crippen LogP contribution in [0.25, 0.3) is 6.08 Å². The summed E-state index contributed by atoms with van der Waals surface area (Å²) in [7, 11) is 0. The summed E-state index contributed by atoms with van der Waals surface area (Å²) < 4.78 is 11.7. The Morgan fingerprint density at radius 1 is 0.967 bits per heavy atom. The molecule has 7 heteroatoms. The Balaban J connectivity index is 1.48. The number of carbonyl (C=O) groups excluding carboxylic acids is 2. The molecule has 0 radical (unpaired) electrons. The number of rotatable bonds is 4. The Bertz CT molecular complexity index is 1170. The third kappa shape index (κ3) is 4.77. The van der Waals surface area contributed by atoms with E-state index in [9.17, 15) is 9.59 Å². The van der Waals surface area contributed by atoms with Crippen LogP contribution < -0.4 is 4.74 Å². The van der Waals surface area contributed by atoms with E-state index >= 15 is 0 Å². The molecular weight excluding hydrogens is 517 g/mol. The molecule has 0 fully saturated rings. The SMILES string of the molecule is O=C1OC(c2ccc(I)cc2)=N/C1=C\c1ccc(OC(=O)c2ccc(Cl)cc2)cc1. The molecule has 0 unspecified atom stereocenters. The van der Waals surface area contributed by atoms with Crippen molar-refractivity contribution >= 4 is 58.1 Å². The van der Waals surface area contributed by atoms with Gasteiger partial charge < -0.3 is 9.47 Å². The van der Waals surface area contributed by atoms with Crippen LogP contribution in [0, 0.1) is 3.57 Å². The average molecular weight is 530 g/mol. The fourth-order valence-corrected chi connectivity index (χ4v) is 3.15. The summed E-state index contributed by atoms with van der Waals surface area (Å²) >= 11 is 8.03. The Morgan fingerprint density at radius 3 is 2.30 bits per heavy atom. The molecule has 0 aliphatic carbocycles. The molecule has 30 heavy (non-hydrogen) atoms. The molecular formula is C23H13ClINO4. The van der Waals surface area contributed by atoms with E-state index < -0.39 is 11.9 Å². The fraction of sp³-hybridized carbons (Fsp3) is 0. The first-order chi connectivity index (χ1) is 14.5. The number of halogens is 2. The van der Waals surface area contributed by atoms with Gasteiger partial charge in [-0.15, -0.1) is 0 Å². The highest BCUT2D eigenvalue weighted by atomic mass is 127. The molecule has 0 N–H and O–H groups in total. The number of carbonyl (C=O) groups is 2. The monoisotopic (exact) mass is 529 g/mol. The summed E-state index contributed by atoms with van der Waals surface area (Å²) in [5.74, 6) is -0.337. The van der Waals surface area contributed by atoms with Gasteiger partial charge in [-0.25, -0.2) is 14.6 Å². The van der Waals surface area contributed by atoms with Crippen LogP contribution in [0.5, 0.6) is 5.75 Å². The molecule has 3 aromatic rings. The lowest BCUT2D eigenvalue weighted by atomic mass is 10.2. The minimum absolute atomic E-state index is 0.203. The van der Waals surface area contributed by atoms with E-state index in [1.54, 1.807) is 54.6 Å². The van der Waals surface area contributed by atoms with Crippen LogP contribution in [0.2, 0.25) is 5.02 Å². The van der Waals surface area contributed by atoms with Crippen molar-refractivity contribution in [2.24, 2.45) is 4.99 Å². The molecule has 0 saturated carbocycles. The summed E-state index contributed by atoms with van der Waals surface area (Å²) in [5, 5.41) is 0.544. The number of nitrogens with zero attached hydrogens (tertiary/aromatic N) is 1. The second kappa shape index (κ2) is 8.81. The molecule has 1 heterocycles. The highest BCUT2D eigenvalue weighted by molar-refractivity contribution is 14.1. The molecule has 0 atom stereocenters. The van der Waals surface area contributed by atoms with E-state index in [1.165, 1.54) is 0 Å². The second-order valence-corrected chi connectivity index (χ2v) is 7.99. The topological polar surface area (TPSA) is 65.0 Å². The van der Waals surface area contributed by atoms with Crippen LogP contribution in [-0.2, 0) is 9.53 Å². The standard InChI is InChI=1S/C23H13ClINO4/c24-17-7-3-16(4-8-17)22(27)29-19-11-1-14(2-12-19)13-20-23(28)30-21(26-20)15-5-9-18(25)10-6-15/h1-13H/b20-13-. The predicted molar refractivity (Wildman–Crippen MR) is 123 cm³/mol. The van der Waals surface area contributed by atoms with Crippen molar-refractivity contribution in [3.05, 3.63) is 104 Å². The predicted octanol–water partition coefficient (Wildman–Crippen LogP) is 5.51. The molecule has 1 aliphatic heterocycles. The first-order valence-corrected chi connectivity index (χ1v) is 10.3. The van der Waals surface area contributed by atoms with Crippen LogP contribution in [0.15, 0.2) is 83.5 Å². The molecule has 0 amide bonds. The third-order valence-corrected chi connectivity index (χ3v) is 5.16. The molecule has 4 rings (SSSR count). The molecule has 0 spiro atoms. The summed E-state index contributed by atoms with van der Waals surface area (Å²) in [5.41, 5.74) is 2.06. The first kappa shape index (κ1) is 20.3. The zero-order valence-electron chi connectivity index (χ0n) is 15.3. The van der Waals surface area contributed by atoms with Crippen molar-refractivity contribution in [1.82, 2.24) is 0 Å². The quantitative estimate of drug-likeness (QED) is 0.194. The van der Waals surface area contributed by atoms with Gasteiger partial charge in [0, 0.05) is 14.2 Å². The Labute approximate surface area is 191 Å². The molecule has 148 valence electrons. The second-order valence-electron chi connectivity index (χ2n) is 6.31. The molecule has 0 saturated heterocycles. The fourth-order valence-electron chi connectivity index (χ4n) is 2.67. The van der Waals surface area contributed by atoms with Gasteiger partial charge in [0.15, 0.2) is 5.70 Å². The van der Waals surface area contributed by atoms with Gasteiger partial charge in [-0.1, -0.05) is 23.7 Å². The van der Waals surface area contributed by atoms with E-state index in [4.69, 9.17) is 21.1 Å². The number of hydrogen-bond acceptors (Lipinski definition) is 5. The van der Waals surface area contributed by atoms with Crippen molar-refractivity contribution in [3.63, 3.8) is 0 Å². The molecule has 5 nitrogen and oxygen atoms in total. The van der Waals surface area contributed by atoms with Crippen molar-refractivity contribution in [2.45, 2.75) is 0 Å². The van der Waals surface area contributed by atoms with E-state index in [0.29, 0.717) is 16.3 Å². The number of esters is 2. The number of hydrogen-bond donors (Lipinski definition) is 0. The highest BCUT2D eigenvalue weighted by Crippen LogP contribution is 2.22. The van der Waals surface area contributed by atoms with E-state index in [1.807, 2.05) is 24.3 Å². The Hall–Kier alpha value is -2.97. The Morgan fingerprint density at radius 2 is 1.63 bits per heavy atom. The number of ether oxygens (including phenoxy) is 2. The van der Waals surface area contributed by atoms with Gasteiger partial charge in [0.05, 0.1) is 5.56 Å². The summed E-state index contributed by atoms with van der Waals surface area (Å²) in [6.07, 6.45) is 1.62. The lowest BCUT2D eigenvalue weighted by Gasteiger charge is -2.05. The molecule has 0 aromatic heterocycles. The lowest BCUT2D eigenvalue weighted by molar-refractivity contribution is -0.129. The van der Waals surface area contributed by atoms with Crippen molar-refractivity contribution in [1.29, 1.82) is 0 Å². The largest absolute Gasteiger partial charge is 0.423 e. The van der Waals surface area contributed by atoms with Crippen LogP contribution in [0.3, 0.4) is 0 Å². The van der Waals surface area contributed by atoms with Gasteiger partial charge in [-0.3, -0.25) is 0 Å². The van der Waals surface area contributed by atoms with Crippen LogP contribution in [-0.4, -0.2) is 17.8 Å². The van der Waals surface area contributed by atoms with Gasteiger partial charge in [-0.2, -0.15) is 0 Å². The van der Waals surface area contributed by atoms with Crippen molar-refractivity contribution in [2.75, 3.05) is 0 Å². The van der Waals surface area contributed by atoms with Gasteiger partial charge >= 0.3 is 11.9 Å².